The Balaban J connectivity index is 2.82. The van der Waals surface area contributed by atoms with Gasteiger partial charge in [-0.1, -0.05) is 0 Å². The van der Waals surface area contributed by atoms with Crippen molar-refractivity contribution in [3.63, 3.8) is 0 Å². The van der Waals surface area contributed by atoms with Gasteiger partial charge in [0.25, 0.3) is 0 Å². The average Bonchev–Trinajstić information content (AvgIpc) is 1.61. The highest BCUT2D eigenvalue weighted by atomic mass is 16.5. The molecular formula is C4H8NO2. The van der Waals surface area contributed by atoms with Crippen molar-refractivity contribution in [2.24, 2.45) is 5.73 Å². The summed E-state index contributed by atoms with van der Waals surface area (Å²) < 4.78 is 4.50. The van der Waals surface area contributed by atoms with E-state index in [1.807, 2.05) is 0 Å². The molecule has 41 valence electrons. The SMILES string of the molecule is C[CH]OCC(N)=O. The normalized spacial score (nSPS) is 8.71. The van der Waals surface area contributed by atoms with Gasteiger partial charge in [-0.25, -0.2) is 0 Å². The van der Waals surface area contributed by atoms with Crippen LogP contribution in [-0.2, 0) is 9.53 Å². The van der Waals surface area contributed by atoms with Crippen molar-refractivity contribution in [1.29, 1.82) is 0 Å². The van der Waals surface area contributed by atoms with Crippen LogP contribution in [0.3, 0.4) is 0 Å². The smallest absolute Gasteiger partial charge is 0.243 e. The molecule has 0 aliphatic rings. The fraction of sp³-hybridized carbons (Fsp3) is 0.500. The fourth-order valence-electron chi connectivity index (χ4n) is 0.165. The number of rotatable bonds is 3. The van der Waals surface area contributed by atoms with E-state index in [0.29, 0.717) is 0 Å². The van der Waals surface area contributed by atoms with Crippen molar-refractivity contribution in [2.45, 2.75) is 6.92 Å². The second-order valence-electron chi connectivity index (χ2n) is 1.01. The molecule has 0 saturated heterocycles. The highest BCUT2D eigenvalue weighted by Crippen LogP contribution is 1.74. The van der Waals surface area contributed by atoms with E-state index in [0.717, 1.165) is 0 Å². The first kappa shape index (κ1) is 6.43. The van der Waals surface area contributed by atoms with Gasteiger partial charge in [0.2, 0.25) is 5.91 Å². The molecule has 0 aromatic heterocycles. The molecule has 0 atom stereocenters. The van der Waals surface area contributed by atoms with Crippen LogP contribution in [0.1, 0.15) is 6.92 Å². The van der Waals surface area contributed by atoms with Gasteiger partial charge in [-0.15, -0.1) is 0 Å². The van der Waals surface area contributed by atoms with Crippen molar-refractivity contribution < 1.29 is 9.53 Å². The second kappa shape index (κ2) is 3.61. The van der Waals surface area contributed by atoms with Crippen LogP contribution < -0.4 is 5.73 Å². The number of hydrogen-bond donors (Lipinski definition) is 1. The van der Waals surface area contributed by atoms with Crippen LogP contribution >= 0.6 is 0 Å². The van der Waals surface area contributed by atoms with Crippen LogP contribution in [0.15, 0.2) is 0 Å². The Kier molecular flexibility index (Phi) is 3.32. The lowest BCUT2D eigenvalue weighted by atomic mass is 10.7. The second-order valence-corrected chi connectivity index (χ2v) is 1.01. The van der Waals surface area contributed by atoms with E-state index in [9.17, 15) is 4.79 Å². The molecule has 0 aliphatic heterocycles. The highest BCUT2D eigenvalue weighted by molar-refractivity contribution is 5.75. The molecule has 1 amide bonds. The Morgan fingerprint density at radius 1 is 2.00 bits per heavy atom. The zero-order valence-corrected chi connectivity index (χ0v) is 4.18. The van der Waals surface area contributed by atoms with Gasteiger partial charge in [0, 0.05) is 0 Å². The zero-order chi connectivity index (χ0) is 5.70. The van der Waals surface area contributed by atoms with E-state index >= 15 is 0 Å². The van der Waals surface area contributed by atoms with Gasteiger partial charge in [0.15, 0.2) is 0 Å². The molecule has 0 saturated carbocycles. The van der Waals surface area contributed by atoms with E-state index in [1.54, 1.807) is 6.92 Å². The quantitative estimate of drug-likeness (QED) is 0.530. The molecule has 0 aromatic carbocycles. The first-order chi connectivity index (χ1) is 3.27. The first-order valence-corrected chi connectivity index (χ1v) is 1.95. The standard InChI is InChI=1S/C4H8NO2/c1-2-7-3-4(5)6/h2H,3H2,1H3,(H2,5,6). The summed E-state index contributed by atoms with van der Waals surface area (Å²) in [4.78, 5) is 9.84. The van der Waals surface area contributed by atoms with Crippen molar-refractivity contribution in [1.82, 2.24) is 0 Å². The summed E-state index contributed by atoms with van der Waals surface area (Å²) in [5.41, 5.74) is 4.69. The maximum atomic E-state index is 9.84. The van der Waals surface area contributed by atoms with Gasteiger partial charge in [0.05, 0.1) is 6.61 Å². The fourth-order valence-corrected chi connectivity index (χ4v) is 0.165. The third-order valence-corrected chi connectivity index (χ3v) is 0.392. The van der Waals surface area contributed by atoms with E-state index in [1.165, 1.54) is 6.61 Å². The Hall–Kier alpha value is -0.570. The van der Waals surface area contributed by atoms with E-state index in [-0.39, 0.29) is 6.61 Å². The lowest BCUT2D eigenvalue weighted by molar-refractivity contribution is -0.121. The van der Waals surface area contributed by atoms with Crippen LogP contribution in [0.2, 0.25) is 0 Å². The number of primary amides is 1. The molecule has 3 nitrogen and oxygen atoms in total. The summed E-state index contributed by atoms with van der Waals surface area (Å²) in [7, 11) is 0. The minimum absolute atomic E-state index is 0.0174. The van der Waals surface area contributed by atoms with Crippen LogP contribution in [0, 0.1) is 6.61 Å². The molecule has 0 fully saturated rings. The van der Waals surface area contributed by atoms with Gasteiger partial charge in [-0.05, 0) is 6.92 Å². The Labute approximate surface area is 42.4 Å². The zero-order valence-electron chi connectivity index (χ0n) is 4.18. The summed E-state index contributed by atoms with van der Waals surface area (Å²) in [6.45, 7) is 3.09. The van der Waals surface area contributed by atoms with Gasteiger partial charge in [0.1, 0.15) is 6.61 Å². The largest absolute Gasteiger partial charge is 0.368 e. The lowest BCUT2D eigenvalue weighted by Crippen LogP contribution is -2.16. The van der Waals surface area contributed by atoms with Crippen LogP contribution in [0.25, 0.3) is 0 Å². The van der Waals surface area contributed by atoms with Gasteiger partial charge >= 0.3 is 0 Å². The minimum atomic E-state index is -0.446. The first-order valence-electron chi connectivity index (χ1n) is 1.95. The predicted molar refractivity (Wildman–Crippen MR) is 25.1 cm³/mol. The molecule has 0 aliphatic carbocycles. The maximum absolute atomic E-state index is 9.84. The molecule has 7 heavy (non-hydrogen) atoms. The number of amides is 1. The van der Waals surface area contributed by atoms with Crippen LogP contribution in [0.4, 0.5) is 0 Å². The van der Waals surface area contributed by atoms with E-state index < -0.39 is 5.91 Å². The van der Waals surface area contributed by atoms with Crippen molar-refractivity contribution in [3.05, 3.63) is 6.61 Å². The molecule has 0 rings (SSSR count). The number of ether oxygens (including phenoxy) is 1. The minimum Gasteiger partial charge on any atom is -0.368 e. The predicted octanol–water partition coefficient (Wildman–Crippen LogP) is -0.330. The average molecular weight is 102 g/mol. The van der Waals surface area contributed by atoms with Gasteiger partial charge in [-0.3, -0.25) is 4.79 Å². The Morgan fingerprint density at radius 3 is 2.71 bits per heavy atom. The Morgan fingerprint density at radius 2 is 2.57 bits per heavy atom. The molecular weight excluding hydrogens is 94.0 g/mol. The van der Waals surface area contributed by atoms with Crippen molar-refractivity contribution >= 4 is 5.91 Å². The number of hydrogen-bond acceptors (Lipinski definition) is 2. The molecule has 0 aromatic rings. The monoisotopic (exact) mass is 102 g/mol. The molecule has 3 heteroatoms. The van der Waals surface area contributed by atoms with Crippen molar-refractivity contribution in [2.75, 3.05) is 6.61 Å². The van der Waals surface area contributed by atoms with Crippen LogP contribution in [-0.4, -0.2) is 12.5 Å². The lowest BCUT2D eigenvalue weighted by Gasteiger charge is -1.90. The molecule has 1 radical (unpaired) electrons. The van der Waals surface area contributed by atoms with E-state index in [2.05, 4.69) is 4.74 Å². The molecule has 0 heterocycles. The third kappa shape index (κ3) is 5.43. The number of carbonyl (C=O) groups is 1. The molecule has 0 bridgehead atoms. The summed E-state index contributed by atoms with van der Waals surface area (Å²) in [6, 6.07) is 0. The maximum Gasteiger partial charge on any atom is 0.243 e. The van der Waals surface area contributed by atoms with Gasteiger partial charge in [-0.2, -0.15) is 0 Å². The van der Waals surface area contributed by atoms with E-state index in [4.69, 9.17) is 5.73 Å². The summed E-state index contributed by atoms with van der Waals surface area (Å²) in [5, 5.41) is 0. The third-order valence-electron chi connectivity index (χ3n) is 0.392. The van der Waals surface area contributed by atoms with Crippen LogP contribution in [0.5, 0.6) is 0 Å². The molecule has 0 unspecified atom stereocenters. The number of carbonyl (C=O) groups excluding carboxylic acids is 1. The van der Waals surface area contributed by atoms with Crippen molar-refractivity contribution in [3.8, 4) is 0 Å². The Bertz CT molecular complexity index is 62.7. The van der Waals surface area contributed by atoms with Gasteiger partial charge < -0.3 is 10.5 Å². The number of nitrogens with two attached hydrogens (primary N) is 1. The highest BCUT2D eigenvalue weighted by Gasteiger charge is 1.87. The summed E-state index contributed by atoms with van der Waals surface area (Å²) >= 11 is 0. The summed E-state index contributed by atoms with van der Waals surface area (Å²) in [6.07, 6.45) is 0. The summed E-state index contributed by atoms with van der Waals surface area (Å²) in [5.74, 6) is -0.446. The molecule has 0 spiro atoms. The topological polar surface area (TPSA) is 52.3 Å². The molecule has 2 N–H and O–H groups in total.